The summed E-state index contributed by atoms with van der Waals surface area (Å²) in [5.41, 5.74) is 0.416. The summed E-state index contributed by atoms with van der Waals surface area (Å²) in [5, 5.41) is 4.16. The maximum atomic E-state index is 13.0. The molecule has 1 saturated carbocycles. The number of fused-ring (bicyclic) bond motifs is 2. The van der Waals surface area contributed by atoms with E-state index in [1.807, 2.05) is 4.90 Å². The van der Waals surface area contributed by atoms with Gasteiger partial charge in [-0.2, -0.15) is 5.10 Å². The number of nitrogens with zero attached hydrogens (tertiary/aromatic N) is 3. The third-order valence-corrected chi connectivity index (χ3v) is 5.55. The quantitative estimate of drug-likeness (QED) is 0.808. The molecule has 2 aliphatic rings. The number of aromatic nitrogens is 2. The highest BCUT2D eigenvalue weighted by Gasteiger charge is 2.48. The molecule has 1 saturated heterocycles. The minimum atomic E-state index is -0.310. The van der Waals surface area contributed by atoms with Crippen molar-refractivity contribution in [3.63, 3.8) is 0 Å². The summed E-state index contributed by atoms with van der Waals surface area (Å²) in [6.45, 7) is 2.10. The summed E-state index contributed by atoms with van der Waals surface area (Å²) in [5.74, 6) is 0.579. The fourth-order valence-corrected chi connectivity index (χ4v) is 4.28. The van der Waals surface area contributed by atoms with E-state index < -0.39 is 0 Å². The molecule has 0 radical (unpaired) electrons. The van der Waals surface area contributed by atoms with Crippen LogP contribution < -0.4 is 10.3 Å². The summed E-state index contributed by atoms with van der Waals surface area (Å²) in [6, 6.07) is 9.13. The van der Waals surface area contributed by atoms with Crippen molar-refractivity contribution in [2.75, 3.05) is 6.61 Å². The number of ether oxygens (including phenoxy) is 1. The second kappa shape index (κ2) is 7.13. The summed E-state index contributed by atoms with van der Waals surface area (Å²) in [7, 11) is 0. The van der Waals surface area contributed by atoms with Crippen molar-refractivity contribution in [2.45, 2.75) is 44.8 Å². The molecule has 2 heterocycles. The Kier molecular flexibility index (Phi) is 4.68. The van der Waals surface area contributed by atoms with E-state index in [0.717, 1.165) is 19.3 Å². The smallest absolute Gasteiger partial charge is 0.267 e. The number of benzene rings is 1. The molecule has 1 amide bonds. The Bertz CT molecular complexity index is 896. The Balaban J connectivity index is 1.47. The summed E-state index contributed by atoms with van der Waals surface area (Å²) < 4.78 is 20.1. The highest BCUT2D eigenvalue weighted by Crippen LogP contribution is 2.42. The van der Waals surface area contributed by atoms with E-state index in [9.17, 15) is 14.0 Å². The Hall–Kier alpha value is -2.70. The monoisotopic (exact) mass is 371 g/mol. The minimum Gasteiger partial charge on any atom is -0.491 e. The highest BCUT2D eigenvalue weighted by atomic mass is 19.1. The lowest BCUT2D eigenvalue weighted by molar-refractivity contribution is -0.137. The Morgan fingerprint density at radius 1 is 1.22 bits per heavy atom. The number of carbonyl (C=O) groups excluding carboxylic acids is 1. The largest absolute Gasteiger partial charge is 0.491 e. The number of hydrogen-bond donors (Lipinski definition) is 0. The topological polar surface area (TPSA) is 64.4 Å². The lowest BCUT2D eigenvalue weighted by atomic mass is 9.99. The summed E-state index contributed by atoms with van der Waals surface area (Å²) in [4.78, 5) is 26.8. The summed E-state index contributed by atoms with van der Waals surface area (Å²) >= 11 is 0. The zero-order valence-electron chi connectivity index (χ0n) is 15.2. The molecule has 1 aliphatic heterocycles. The molecule has 4 rings (SSSR count). The van der Waals surface area contributed by atoms with Crippen LogP contribution in [-0.4, -0.2) is 39.3 Å². The van der Waals surface area contributed by atoms with E-state index in [0.29, 0.717) is 24.0 Å². The number of piperidine rings is 1. The lowest BCUT2D eigenvalue weighted by Gasteiger charge is -2.35. The number of carbonyl (C=O) groups is 1. The Morgan fingerprint density at radius 2 is 2.00 bits per heavy atom. The van der Waals surface area contributed by atoms with E-state index in [1.54, 1.807) is 25.1 Å². The van der Waals surface area contributed by atoms with Gasteiger partial charge in [-0.15, -0.1) is 0 Å². The standard InChI is InChI=1S/C20H22FN3O3/c1-13-2-9-19(25)23(22-13)11-20(26)24-16-6-3-14(10-16)18(24)12-27-17-7-4-15(21)5-8-17/h2,4-5,7-9,14,16,18H,3,6,10-12H2,1H3/t14-,16+,18+/m1/s1. The van der Waals surface area contributed by atoms with Crippen LogP contribution in [0.25, 0.3) is 0 Å². The molecular weight excluding hydrogens is 349 g/mol. The molecule has 2 fully saturated rings. The average Bonchev–Trinajstić information content (AvgIpc) is 3.25. The molecule has 1 aromatic carbocycles. The van der Waals surface area contributed by atoms with Gasteiger partial charge in [-0.05, 0) is 62.4 Å². The van der Waals surface area contributed by atoms with E-state index in [4.69, 9.17) is 4.74 Å². The van der Waals surface area contributed by atoms with Crippen molar-refractivity contribution >= 4 is 5.91 Å². The van der Waals surface area contributed by atoms with Crippen molar-refractivity contribution in [1.82, 2.24) is 14.7 Å². The lowest BCUT2D eigenvalue weighted by Crippen LogP contribution is -2.49. The van der Waals surface area contributed by atoms with E-state index in [-0.39, 0.29) is 35.9 Å². The second-order valence-electron chi connectivity index (χ2n) is 7.33. The normalized spacial score (nSPS) is 23.6. The molecule has 2 bridgehead atoms. The van der Waals surface area contributed by atoms with Gasteiger partial charge in [-0.1, -0.05) is 0 Å². The van der Waals surface area contributed by atoms with Gasteiger partial charge in [0.15, 0.2) is 0 Å². The van der Waals surface area contributed by atoms with Crippen molar-refractivity contribution in [2.24, 2.45) is 5.92 Å². The molecule has 7 heteroatoms. The maximum absolute atomic E-state index is 13.0. The van der Waals surface area contributed by atoms with Crippen LogP contribution in [0.15, 0.2) is 41.2 Å². The predicted octanol–water partition coefficient (Wildman–Crippen LogP) is 2.15. The van der Waals surface area contributed by atoms with Crippen LogP contribution in [0.1, 0.15) is 25.0 Å². The first kappa shape index (κ1) is 17.7. The van der Waals surface area contributed by atoms with E-state index in [1.165, 1.54) is 22.9 Å². The zero-order valence-corrected chi connectivity index (χ0v) is 15.2. The molecular formula is C20H22FN3O3. The first-order valence-electron chi connectivity index (χ1n) is 9.25. The van der Waals surface area contributed by atoms with Gasteiger partial charge in [-0.25, -0.2) is 9.07 Å². The Labute approximate surface area is 156 Å². The number of aryl methyl sites for hydroxylation is 1. The molecule has 27 heavy (non-hydrogen) atoms. The van der Waals surface area contributed by atoms with Gasteiger partial charge in [0.25, 0.3) is 5.56 Å². The van der Waals surface area contributed by atoms with Gasteiger partial charge < -0.3 is 9.64 Å². The number of likely N-dealkylation sites (tertiary alicyclic amines) is 1. The van der Waals surface area contributed by atoms with Crippen LogP contribution in [0.3, 0.4) is 0 Å². The van der Waals surface area contributed by atoms with Gasteiger partial charge in [0, 0.05) is 12.1 Å². The molecule has 2 aromatic rings. The van der Waals surface area contributed by atoms with Crippen LogP contribution in [-0.2, 0) is 11.3 Å². The highest BCUT2D eigenvalue weighted by molar-refractivity contribution is 5.77. The molecule has 0 unspecified atom stereocenters. The van der Waals surface area contributed by atoms with Gasteiger partial charge in [-0.3, -0.25) is 9.59 Å². The minimum absolute atomic E-state index is 0.0261. The van der Waals surface area contributed by atoms with Gasteiger partial charge in [0.1, 0.15) is 24.7 Å². The first-order valence-corrected chi connectivity index (χ1v) is 9.25. The van der Waals surface area contributed by atoms with Gasteiger partial charge >= 0.3 is 0 Å². The van der Waals surface area contributed by atoms with E-state index >= 15 is 0 Å². The van der Waals surface area contributed by atoms with Crippen LogP contribution in [0.2, 0.25) is 0 Å². The fraction of sp³-hybridized carbons (Fsp3) is 0.450. The van der Waals surface area contributed by atoms with Crippen molar-refractivity contribution in [3.8, 4) is 5.75 Å². The van der Waals surface area contributed by atoms with Crippen molar-refractivity contribution in [3.05, 3.63) is 58.3 Å². The van der Waals surface area contributed by atoms with E-state index in [2.05, 4.69) is 5.10 Å². The van der Waals surface area contributed by atoms with Crippen LogP contribution in [0.4, 0.5) is 4.39 Å². The molecule has 1 aliphatic carbocycles. The molecule has 6 nitrogen and oxygen atoms in total. The zero-order chi connectivity index (χ0) is 19.0. The van der Waals surface area contributed by atoms with Crippen LogP contribution in [0.5, 0.6) is 5.75 Å². The maximum Gasteiger partial charge on any atom is 0.267 e. The fourth-order valence-electron chi connectivity index (χ4n) is 4.28. The third kappa shape index (κ3) is 3.59. The van der Waals surface area contributed by atoms with Crippen LogP contribution >= 0.6 is 0 Å². The molecule has 3 atom stereocenters. The number of hydrogen-bond acceptors (Lipinski definition) is 4. The summed E-state index contributed by atoms with van der Waals surface area (Å²) in [6.07, 6.45) is 3.04. The molecule has 142 valence electrons. The molecule has 1 aromatic heterocycles. The first-order chi connectivity index (χ1) is 13.0. The van der Waals surface area contributed by atoms with Gasteiger partial charge in [0.05, 0.1) is 11.7 Å². The van der Waals surface area contributed by atoms with Crippen molar-refractivity contribution in [1.29, 1.82) is 0 Å². The molecule has 0 spiro atoms. The molecule has 0 N–H and O–H groups in total. The van der Waals surface area contributed by atoms with Crippen molar-refractivity contribution < 1.29 is 13.9 Å². The SMILES string of the molecule is Cc1ccc(=O)n(CC(=O)N2[C@H]3CC[C@H](C3)[C@@H]2COc2ccc(F)cc2)n1. The second-order valence-corrected chi connectivity index (χ2v) is 7.33. The average molecular weight is 371 g/mol. The third-order valence-electron chi connectivity index (χ3n) is 5.55. The predicted molar refractivity (Wildman–Crippen MR) is 96.9 cm³/mol. The number of amides is 1. The Morgan fingerprint density at radius 3 is 2.78 bits per heavy atom. The number of rotatable bonds is 5. The van der Waals surface area contributed by atoms with Crippen LogP contribution in [0, 0.1) is 18.7 Å². The van der Waals surface area contributed by atoms with Gasteiger partial charge in [0.2, 0.25) is 5.91 Å². The number of halogens is 1.